The summed E-state index contributed by atoms with van der Waals surface area (Å²) in [6.07, 6.45) is -6.06. The minimum Gasteiger partial charge on any atom is -0.440 e. The second kappa shape index (κ2) is 10.4. The summed E-state index contributed by atoms with van der Waals surface area (Å²) in [6, 6.07) is 19.8. The molecule has 0 amide bonds. The van der Waals surface area contributed by atoms with Gasteiger partial charge in [0.1, 0.15) is 5.52 Å². The van der Waals surface area contributed by atoms with Crippen LogP contribution in [-0.2, 0) is 23.0 Å². The molecule has 4 aromatic rings. The van der Waals surface area contributed by atoms with Crippen LogP contribution in [0.4, 0.5) is 13.2 Å². The van der Waals surface area contributed by atoms with Gasteiger partial charge in [-0.25, -0.2) is 4.79 Å². The largest absolute Gasteiger partial charge is 0.490 e. The summed E-state index contributed by atoms with van der Waals surface area (Å²) in [4.78, 5) is 11.4. The average molecular weight is 510 g/mol. The number of nitrogens with zero attached hydrogens (tertiary/aromatic N) is 2. The van der Waals surface area contributed by atoms with E-state index in [-0.39, 0.29) is 12.3 Å². The Labute approximate surface area is 214 Å². The minimum atomic E-state index is -5.11. The molecule has 0 radical (unpaired) electrons. The number of carbonyl (C=O) groups is 1. The molecule has 0 aliphatic heterocycles. The fraction of sp³-hybridized carbons (Fsp3) is 0.310. The van der Waals surface area contributed by atoms with Crippen LogP contribution in [0.25, 0.3) is 22.0 Å². The van der Waals surface area contributed by atoms with E-state index in [1.807, 2.05) is 55.6 Å². The number of fused-ring (bicyclic) bond motifs is 1. The number of rotatable bonds is 7. The van der Waals surface area contributed by atoms with Gasteiger partial charge in [0.15, 0.2) is 6.23 Å². The second-order valence-electron chi connectivity index (χ2n) is 9.55. The van der Waals surface area contributed by atoms with E-state index < -0.39 is 18.4 Å². The van der Waals surface area contributed by atoms with Crippen molar-refractivity contribution in [3.05, 3.63) is 88.6 Å². The fourth-order valence-corrected chi connectivity index (χ4v) is 5.25. The van der Waals surface area contributed by atoms with Crippen molar-refractivity contribution >= 4 is 16.9 Å². The number of hydrogen-bond donors (Lipinski definition) is 1. The van der Waals surface area contributed by atoms with Crippen molar-refractivity contribution in [2.75, 3.05) is 0 Å². The molecular formula is C29H30F3N3O2. The first kappa shape index (κ1) is 26.4. The summed E-state index contributed by atoms with van der Waals surface area (Å²) in [7, 11) is 1.82. The molecule has 37 heavy (non-hydrogen) atoms. The Morgan fingerprint density at radius 2 is 1.68 bits per heavy atom. The standard InChI is InChI=1S/C29H30F3N3O2/c1-17-13-18(2)25(19(3)14-17)22-11-8-12-23-26(22)34-35(4)27(23)21(15-20-9-6-5-7-10-20)16-24(33)37-28(36)29(30,31)32/h5-14,21,24H,15-16,33H2,1-4H3. The van der Waals surface area contributed by atoms with E-state index in [0.29, 0.717) is 6.42 Å². The minimum absolute atomic E-state index is 0.00182. The maximum absolute atomic E-state index is 12.8. The summed E-state index contributed by atoms with van der Waals surface area (Å²) in [5.41, 5.74) is 14.1. The molecule has 2 unspecified atom stereocenters. The first-order chi connectivity index (χ1) is 17.5. The van der Waals surface area contributed by atoms with Gasteiger partial charge in [0, 0.05) is 36.0 Å². The van der Waals surface area contributed by atoms with Gasteiger partial charge in [-0.3, -0.25) is 10.4 Å². The number of carbonyl (C=O) groups excluding carboxylic acids is 1. The van der Waals surface area contributed by atoms with E-state index in [1.54, 1.807) is 4.68 Å². The third kappa shape index (κ3) is 5.69. The Kier molecular flexibility index (Phi) is 7.41. The molecule has 194 valence electrons. The number of aryl methyl sites for hydroxylation is 4. The van der Waals surface area contributed by atoms with Gasteiger partial charge in [-0.15, -0.1) is 0 Å². The highest BCUT2D eigenvalue weighted by Gasteiger charge is 2.42. The van der Waals surface area contributed by atoms with Gasteiger partial charge in [-0.1, -0.05) is 66.2 Å². The molecule has 0 saturated heterocycles. The van der Waals surface area contributed by atoms with Crippen LogP contribution in [0.2, 0.25) is 0 Å². The molecule has 1 aromatic heterocycles. The molecular weight excluding hydrogens is 479 g/mol. The fourth-order valence-electron chi connectivity index (χ4n) is 5.25. The monoisotopic (exact) mass is 509 g/mol. The summed E-state index contributed by atoms with van der Waals surface area (Å²) in [6.45, 7) is 6.21. The number of alkyl halides is 3. The second-order valence-corrected chi connectivity index (χ2v) is 9.55. The number of esters is 1. The lowest BCUT2D eigenvalue weighted by Crippen LogP contribution is -2.36. The summed E-state index contributed by atoms with van der Waals surface area (Å²) < 4.78 is 44.7. The number of nitrogens with two attached hydrogens (primary N) is 1. The van der Waals surface area contributed by atoms with Gasteiger partial charge in [0.05, 0.1) is 0 Å². The van der Waals surface area contributed by atoms with Crippen molar-refractivity contribution in [3.8, 4) is 11.1 Å². The van der Waals surface area contributed by atoms with E-state index in [0.717, 1.165) is 44.4 Å². The molecule has 4 rings (SSSR count). The summed E-state index contributed by atoms with van der Waals surface area (Å²) >= 11 is 0. The number of aromatic nitrogens is 2. The van der Waals surface area contributed by atoms with Crippen LogP contribution in [0.15, 0.2) is 60.7 Å². The Morgan fingerprint density at radius 1 is 1.03 bits per heavy atom. The lowest BCUT2D eigenvalue weighted by Gasteiger charge is -2.22. The molecule has 2 atom stereocenters. The number of benzene rings is 3. The van der Waals surface area contributed by atoms with Crippen molar-refractivity contribution in [1.82, 2.24) is 9.78 Å². The Hall–Kier alpha value is -3.65. The molecule has 0 fully saturated rings. The lowest BCUT2D eigenvalue weighted by molar-refractivity contribution is -0.205. The highest BCUT2D eigenvalue weighted by Crippen LogP contribution is 2.38. The van der Waals surface area contributed by atoms with Crippen molar-refractivity contribution < 1.29 is 22.7 Å². The topological polar surface area (TPSA) is 70.1 Å². The number of hydrogen-bond acceptors (Lipinski definition) is 4. The van der Waals surface area contributed by atoms with E-state index in [1.165, 1.54) is 5.56 Å². The predicted molar refractivity (Wildman–Crippen MR) is 138 cm³/mol. The van der Waals surface area contributed by atoms with Gasteiger partial charge >= 0.3 is 12.1 Å². The van der Waals surface area contributed by atoms with E-state index in [9.17, 15) is 18.0 Å². The van der Waals surface area contributed by atoms with Gasteiger partial charge in [0.2, 0.25) is 0 Å². The molecule has 0 aliphatic rings. The highest BCUT2D eigenvalue weighted by atomic mass is 19.4. The smallest absolute Gasteiger partial charge is 0.440 e. The molecule has 3 aromatic carbocycles. The summed E-state index contributed by atoms with van der Waals surface area (Å²) in [5, 5.41) is 5.74. The zero-order valence-corrected chi connectivity index (χ0v) is 21.3. The van der Waals surface area contributed by atoms with Gasteiger partial charge in [-0.05, 0) is 49.4 Å². The first-order valence-corrected chi connectivity index (χ1v) is 12.1. The van der Waals surface area contributed by atoms with Crippen LogP contribution in [0.5, 0.6) is 0 Å². The van der Waals surface area contributed by atoms with Crippen LogP contribution in [0.1, 0.15) is 40.3 Å². The van der Waals surface area contributed by atoms with Gasteiger partial charge in [-0.2, -0.15) is 18.3 Å². The lowest BCUT2D eigenvalue weighted by atomic mass is 9.88. The van der Waals surface area contributed by atoms with Crippen molar-refractivity contribution in [2.24, 2.45) is 12.8 Å². The zero-order chi connectivity index (χ0) is 26.9. The van der Waals surface area contributed by atoms with Gasteiger partial charge < -0.3 is 4.74 Å². The predicted octanol–water partition coefficient (Wildman–Crippen LogP) is 6.27. The average Bonchev–Trinajstić information content (AvgIpc) is 3.14. The van der Waals surface area contributed by atoms with Crippen LogP contribution < -0.4 is 5.73 Å². The third-order valence-corrected chi connectivity index (χ3v) is 6.58. The normalized spacial score (nSPS) is 13.5. The highest BCUT2D eigenvalue weighted by molar-refractivity contribution is 5.97. The number of halogens is 3. The van der Waals surface area contributed by atoms with Crippen molar-refractivity contribution in [2.45, 2.75) is 51.9 Å². The first-order valence-electron chi connectivity index (χ1n) is 12.1. The Bertz CT molecular complexity index is 1400. The van der Waals surface area contributed by atoms with Crippen LogP contribution in [-0.4, -0.2) is 28.2 Å². The Balaban J connectivity index is 1.80. The van der Waals surface area contributed by atoms with E-state index in [4.69, 9.17) is 10.8 Å². The molecule has 0 bridgehead atoms. The van der Waals surface area contributed by atoms with Crippen LogP contribution in [0, 0.1) is 20.8 Å². The van der Waals surface area contributed by atoms with E-state index in [2.05, 4.69) is 37.6 Å². The molecule has 5 nitrogen and oxygen atoms in total. The van der Waals surface area contributed by atoms with Crippen LogP contribution >= 0.6 is 0 Å². The van der Waals surface area contributed by atoms with Gasteiger partial charge in [0.25, 0.3) is 0 Å². The maximum Gasteiger partial charge on any atom is 0.490 e. The van der Waals surface area contributed by atoms with E-state index >= 15 is 0 Å². The SMILES string of the molecule is Cc1cc(C)c(-c2cccc3c(C(Cc4ccccc4)CC(N)OC(=O)C(F)(F)F)n(C)nc23)c(C)c1. The Morgan fingerprint density at radius 3 is 2.30 bits per heavy atom. The molecule has 0 spiro atoms. The number of ether oxygens (including phenoxy) is 1. The summed E-state index contributed by atoms with van der Waals surface area (Å²) in [5.74, 6) is -2.65. The molecule has 0 aliphatic carbocycles. The van der Waals surface area contributed by atoms with Crippen molar-refractivity contribution in [1.29, 1.82) is 0 Å². The zero-order valence-electron chi connectivity index (χ0n) is 21.3. The quantitative estimate of drug-likeness (QED) is 0.235. The molecule has 8 heteroatoms. The van der Waals surface area contributed by atoms with Crippen molar-refractivity contribution in [3.63, 3.8) is 0 Å². The third-order valence-electron chi connectivity index (χ3n) is 6.58. The van der Waals surface area contributed by atoms with Crippen LogP contribution in [0.3, 0.4) is 0 Å². The maximum atomic E-state index is 12.8. The molecule has 1 heterocycles. The molecule has 2 N–H and O–H groups in total. The molecule has 0 saturated carbocycles.